The Labute approximate surface area is 109 Å². The Bertz CT molecular complexity index is 444. The predicted octanol–water partition coefficient (Wildman–Crippen LogP) is 4.22. The van der Waals surface area contributed by atoms with Crippen molar-refractivity contribution < 1.29 is 9.90 Å². The molecule has 0 radical (unpaired) electrons. The molecule has 0 amide bonds. The van der Waals surface area contributed by atoms with E-state index in [0.29, 0.717) is 6.42 Å². The average molecular weight is 246 g/mol. The molecule has 1 N–H and O–H groups in total. The minimum atomic E-state index is -0.185. The van der Waals surface area contributed by atoms with Crippen molar-refractivity contribution in [1.82, 2.24) is 0 Å². The minimum Gasteiger partial charge on any atom is -0.504 e. The fourth-order valence-electron chi connectivity index (χ4n) is 1.91. The van der Waals surface area contributed by atoms with Crippen LogP contribution in [0, 0.1) is 6.92 Å². The molecule has 0 saturated carbocycles. The van der Waals surface area contributed by atoms with E-state index in [1.54, 1.807) is 6.08 Å². The van der Waals surface area contributed by atoms with Crippen LogP contribution in [0.5, 0.6) is 0 Å². The summed E-state index contributed by atoms with van der Waals surface area (Å²) in [5.41, 5.74) is 3.43. The number of aliphatic hydroxyl groups excluding tert-OH is 1. The number of carbonyl (C=O) groups is 1. The van der Waals surface area contributed by atoms with E-state index in [0.717, 1.165) is 24.8 Å². The fourth-order valence-corrected chi connectivity index (χ4v) is 1.91. The van der Waals surface area contributed by atoms with E-state index < -0.39 is 0 Å². The van der Waals surface area contributed by atoms with Crippen LogP contribution in [-0.4, -0.2) is 10.9 Å². The van der Waals surface area contributed by atoms with Gasteiger partial charge in [0.25, 0.3) is 0 Å². The molecule has 0 saturated heterocycles. The van der Waals surface area contributed by atoms with Gasteiger partial charge in [0.1, 0.15) is 0 Å². The quantitative estimate of drug-likeness (QED) is 0.603. The Morgan fingerprint density at radius 3 is 2.61 bits per heavy atom. The molecule has 1 rings (SSSR count). The Hall–Kier alpha value is -1.57. The lowest BCUT2D eigenvalue weighted by Crippen LogP contribution is -2.00. The molecule has 0 unspecified atom stereocenters. The monoisotopic (exact) mass is 246 g/mol. The van der Waals surface area contributed by atoms with Crippen molar-refractivity contribution in [2.24, 2.45) is 0 Å². The third-order valence-electron chi connectivity index (χ3n) is 2.96. The lowest BCUT2D eigenvalue weighted by molar-refractivity contribution is -0.117. The second kappa shape index (κ2) is 7.00. The average Bonchev–Trinajstić information content (AvgIpc) is 2.34. The van der Waals surface area contributed by atoms with Crippen molar-refractivity contribution in [2.45, 2.75) is 46.5 Å². The van der Waals surface area contributed by atoms with Crippen molar-refractivity contribution in [2.75, 3.05) is 0 Å². The minimum absolute atomic E-state index is 0.136. The predicted molar refractivity (Wildman–Crippen MR) is 75.7 cm³/mol. The third kappa shape index (κ3) is 4.02. The molecule has 0 aliphatic carbocycles. The van der Waals surface area contributed by atoms with Crippen LogP contribution < -0.4 is 0 Å². The van der Waals surface area contributed by atoms with Crippen LogP contribution in [0.3, 0.4) is 0 Å². The van der Waals surface area contributed by atoms with Gasteiger partial charge < -0.3 is 5.11 Å². The van der Waals surface area contributed by atoms with Gasteiger partial charge in [0.15, 0.2) is 11.5 Å². The smallest absolute Gasteiger partial charge is 0.197 e. The summed E-state index contributed by atoms with van der Waals surface area (Å²) in [7, 11) is 0. The Kier molecular flexibility index (Phi) is 5.63. The van der Waals surface area contributed by atoms with Gasteiger partial charge in [0, 0.05) is 6.42 Å². The first-order valence-corrected chi connectivity index (χ1v) is 6.61. The highest BCUT2D eigenvalue weighted by Gasteiger charge is 2.06. The molecule has 1 aromatic rings. The summed E-state index contributed by atoms with van der Waals surface area (Å²) in [6, 6.07) is 6.02. The number of allylic oxidation sites excluding steroid dienone is 1. The number of carbonyl (C=O) groups excluding carboxylic acids is 1. The summed E-state index contributed by atoms with van der Waals surface area (Å²) in [6.07, 6.45) is 4.84. The summed E-state index contributed by atoms with van der Waals surface area (Å²) >= 11 is 0. The SMILES string of the molecule is CCCC(=O)/C(O)=C/c1ccc(C)c(CCC)c1. The molecule has 0 atom stereocenters. The van der Waals surface area contributed by atoms with E-state index in [4.69, 9.17) is 0 Å². The summed E-state index contributed by atoms with van der Waals surface area (Å²) < 4.78 is 0. The maximum atomic E-state index is 11.5. The van der Waals surface area contributed by atoms with Crippen molar-refractivity contribution in [3.05, 3.63) is 40.6 Å². The van der Waals surface area contributed by atoms with Gasteiger partial charge in [-0.1, -0.05) is 38.5 Å². The van der Waals surface area contributed by atoms with E-state index in [9.17, 15) is 9.90 Å². The summed E-state index contributed by atoms with van der Waals surface area (Å²) in [4.78, 5) is 11.5. The fraction of sp³-hybridized carbons (Fsp3) is 0.438. The zero-order chi connectivity index (χ0) is 13.5. The Morgan fingerprint density at radius 2 is 2.00 bits per heavy atom. The lowest BCUT2D eigenvalue weighted by Gasteiger charge is -2.06. The first-order valence-electron chi connectivity index (χ1n) is 6.61. The second-order valence-electron chi connectivity index (χ2n) is 4.64. The molecule has 2 heteroatoms. The van der Waals surface area contributed by atoms with Crippen molar-refractivity contribution in [1.29, 1.82) is 0 Å². The van der Waals surface area contributed by atoms with E-state index >= 15 is 0 Å². The number of rotatable bonds is 6. The Morgan fingerprint density at radius 1 is 1.28 bits per heavy atom. The van der Waals surface area contributed by atoms with Crippen LogP contribution in [0.15, 0.2) is 24.0 Å². The largest absolute Gasteiger partial charge is 0.504 e. The molecule has 0 heterocycles. The number of aryl methyl sites for hydroxylation is 2. The van der Waals surface area contributed by atoms with Crippen molar-refractivity contribution in [3.8, 4) is 0 Å². The van der Waals surface area contributed by atoms with Crippen LogP contribution in [0.25, 0.3) is 6.08 Å². The highest BCUT2D eigenvalue weighted by molar-refractivity contribution is 5.97. The van der Waals surface area contributed by atoms with Gasteiger partial charge in [-0.25, -0.2) is 0 Å². The molecule has 1 aromatic carbocycles. The van der Waals surface area contributed by atoms with Crippen LogP contribution in [-0.2, 0) is 11.2 Å². The highest BCUT2D eigenvalue weighted by Crippen LogP contribution is 2.16. The lowest BCUT2D eigenvalue weighted by atomic mass is 10.0. The van der Waals surface area contributed by atoms with Crippen molar-refractivity contribution in [3.63, 3.8) is 0 Å². The number of ketones is 1. The molecule has 0 fully saturated rings. The van der Waals surface area contributed by atoms with Gasteiger partial charge in [-0.3, -0.25) is 4.79 Å². The molecular weight excluding hydrogens is 224 g/mol. The third-order valence-corrected chi connectivity index (χ3v) is 2.96. The van der Waals surface area contributed by atoms with Gasteiger partial charge in [0.05, 0.1) is 0 Å². The van der Waals surface area contributed by atoms with Gasteiger partial charge in [-0.05, 0) is 42.5 Å². The normalized spacial score (nSPS) is 11.6. The highest BCUT2D eigenvalue weighted by atomic mass is 16.3. The van der Waals surface area contributed by atoms with Crippen molar-refractivity contribution >= 4 is 11.9 Å². The molecule has 0 bridgehead atoms. The molecule has 0 aliphatic heterocycles. The Balaban J connectivity index is 2.93. The summed E-state index contributed by atoms with van der Waals surface area (Å²) in [5, 5.41) is 9.70. The van der Waals surface area contributed by atoms with Crippen LogP contribution >= 0.6 is 0 Å². The number of hydrogen-bond donors (Lipinski definition) is 1. The first-order chi connectivity index (χ1) is 8.58. The van der Waals surface area contributed by atoms with Crippen LogP contribution in [0.1, 0.15) is 49.8 Å². The molecule has 0 aromatic heterocycles. The van der Waals surface area contributed by atoms with Gasteiger partial charge in [0.2, 0.25) is 0 Å². The maximum absolute atomic E-state index is 11.5. The first kappa shape index (κ1) is 14.5. The van der Waals surface area contributed by atoms with Crippen LogP contribution in [0.2, 0.25) is 0 Å². The molecule has 18 heavy (non-hydrogen) atoms. The summed E-state index contributed by atoms with van der Waals surface area (Å²) in [6.45, 7) is 6.15. The standard InChI is InChI=1S/C16H22O2/c1-4-6-14-10-13(9-8-12(14)3)11-16(18)15(17)7-5-2/h8-11,18H,4-7H2,1-3H3/b16-11-. The zero-order valence-electron chi connectivity index (χ0n) is 11.5. The van der Waals surface area contributed by atoms with Gasteiger partial charge in [-0.15, -0.1) is 0 Å². The van der Waals surface area contributed by atoms with Crippen LogP contribution in [0.4, 0.5) is 0 Å². The molecule has 0 spiro atoms. The topological polar surface area (TPSA) is 37.3 Å². The molecule has 98 valence electrons. The number of aliphatic hydroxyl groups is 1. The number of benzene rings is 1. The zero-order valence-corrected chi connectivity index (χ0v) is 11.5. The summed E-state index contributed by atoms with van der Waals surface area (Å²) in [5.74, 6) is -0.321. The maximum Gasteiger partial charge on any atom is 0.197 e. The van der Waals surface area contributed by atoms with E-state index in [1.165, 1.54) is 11.1 Å². The number of Topliss-reactive ketones (excluding diaryl/α,β-unsaturated/α-hetero) is 1. The van der Waals surface area contributed by atoms with Gasteiger partial charge >= 0.3 is 0 Å². The molecule has 0 aliphatic rings. The van der Waals surface area contributed by atoms with E-state index in [1.807, 2.05) is 25.1 Å². The molecule has 2 nitrogen and oxygen atoms in total. The number of hydrogen-bond acceptors (Lipinski definition) is 2. The second-order valence-corrected chi connectivity index (χ2v) is 4.64. The van der Waals surface area contributed by atoms with E-state index in [-0.39, 0.29) is 11.5 Å². The van der Waals surface area contributed by atoms with Gasteiger partial charge in [-0.2, -0.15) is 0 Å². The molecular formula is C16H22O2. The van der Waals surface area contributed by atoms with E-state index in [2.05, 4.69) is 13.8 Å².